The highest BCUT2D eigenvalue weighted by atomic mass is 79.9. The second-order valence-electron chi connectivity index (χ2n) is 2.37. The Balaban J connectivity index is 3.33. The quantitative estimate of drug-likeness (QED) is 0.619. The van der Waals surface area contributed by atoms with Gasteiger partial charge in [-0.05, 0) is 23.8 Å². The smallest absolute Gasteiger partial charge is 0.207 e. The first kappa shape index (κ1) is 10.9. The molecule has 0 radical (unpaired) electrons. The van der Waals surface area contributed by atoms with Crippen LogP contribution >= 0.6 is 26.6 Å². The number of alkyl halides is 1. The summed E-state index contributed by atoms with van der Waals surface area (Å²) in [5.74, 6) is -0.615. The van der Waals surface area contributed by atoms with Gasteiger partial charge < -0.3 is 0 Å². The molecule has 0 bridgehead atoms. The Hall–Kier alpha value is -0.130. The predicted octanol–water partition coefficient (Wildman–Crippen LogP) is 2.65. The van der Waals surface area contributed by atoms with Crippen LogP contribution in [0.4, 0.5) is 4.39 Å². The van der Waals surface area contributed by atoms with Gasteiger partial charge in [-0.2, -0.15) is 0 Å². The molecule has 6 heteroatoms. The van der Waals surface area contributed by atoms with Gasteiger partial charge in [0.1, 0.15) is 5.82 Å². The molecule has 0 unspecified atom stereocenters. The van der Waals surface area contributed by atoms with Crippen molar-refractivity contribution in [2.24, 2.45) is 0 Å². The summed E-state index contributed by atoms with van der Waals surface area (Å²) in [6, 6.07) is 3.44. The van der Waals surface area contributed by atoms with Crippen molar-refractivity contribution < 1.29 is 12.8 Å². The van der Waals surface area contributed by atoms with Gasteiger partial charge in [0.25, 0.3) is 9.05 Å². The zero-order valence-electron chi connectivity index (χ0n) is 6.30. The summed E-state index contributed by atoms with van der Waals surface area (Å²) in [6.07, 6.45) is 0. The molecular weight excluding hydrogens is 282 g/mol. The van der Waals surface area contributed by atoms with Crippen LogP contribution in [0.5, 0.6) is 0 Å². The second-order valence-corrected chi connectivity index (χ2v) is 5.49. The van der Waals surface area contributed by atoms with Crippen LogP contribution in [0.15, 0.2) is 23.1 Å². The first-order chi connectivity index (χ1) is 5.93. The van der Waals surface area contributed by atoms with Gasteiger partial charge in [0, 0.05) is 16.0 Å². The largest absolute Gasteiger partial charge is 0.261 e. The number of halogens is 3. The topological polar surface area (TPSA) is 34.1 Å². The normalized spacial score (nSPS) is 11.6. The second kappa shape index (κ2) is 3.94. The lowest BCUT2D eigenvalue weighted by atomic mass is 10.2. The predicted molar refractivity (Wildman–Crippen MR) is 52.1 cm³/mol. The summed E-state index contributed by atoms with van der Waals surface area (Å²) >= 11 is 3.09. The van der Waals surface area contributed by atoms with Crippen LogP contribution < -0.4 is 0 Å². The van der Waals surface area contributed by atoms with Crippen molar-refractivity contribution in [1.82, 2.24) is 0 Å². The Bertz CT molecular complexity index is 419. The average molecular weight is 288 g/mol. The average Bonchev–Trinajstić information content (AvgIpc) is 2.01. The van der Waals surface area contributed by atoms with Crippen LogP contribution in [0.1, 0.15) is 5.56 Å². The Morgan fingerprint density at radius 1 is 1.38 bits per heavy atom. The third-order valence-corrected chi connectivity index (χ3v) is 3.35. The maximum atomic E-state index is 12.8. The lowest BCUT2D eigenvalue weighted by molar-refractivity contribution is 0.601. The first-order valence-electron chi connectivity index (χ1n) is 3.23. The van der Waals surface area contributed by atoms with E-state index in [9.17, 15) is 12.8 Å². The maximum Gasteiger partial charge on any atom is 0.261 e. The third kappa shape index (κ3) is 2.93. The molecule has 0 aliphatic rings. The molecular formula is C7H5BrClFO2S. The van der Waals surface area contributed by atoms with Gasteiger partial charge in [-0.25, -0.2) is 12.8 Å². The minimum absolute atomic E-state index is 0.219. The Labute approximate surface area is 88.3 Å². The van der Waals surface area contributed by atoms with E-state index in [1.54, 1.807) is 0 Å². The SMILES string of the molecule is O=S(=O)(Cl)c1cc(F)cc(CBr)c1. The van der Waals surface area contributed by atoms with E-state index in [2.05, 4.69) is 15.9 Å². The number of benzene rings is 1. The van der Waals surface area contributed by atoms with Gasteiger partial charge in [-0.15, -0.1) is 0 Å². The highest BCUT2D eigenvalue weighted by molar-refractivity contribution is 9.08. The molecule has 1 aromatic carbocycles. The van der Waals surface area contributed by atoms with E-state index < -0.39 is 14.9 Å². The van der Waals surface area contributed by atoms with Gasteiger partial charge in [-0.1, -0.05) is 15.9 Å². The summed E-state index contributed by atoms with van der Waals surface area (Å²) in [5.41, 5.74) is 0.527. The lowest BCUT2D eigenvalue weighted by Gasteiger charge is -1.99. The molecule has 72 valence electrons. The van der Waals surface area contributed by atoms with E-state index in [4.69, 9.17) is 10.7 Å². The molecule has 0 aromatic heterocycles. The molecule has 2 nitrogen and oxygen atoms in total. The molecule has 0 aliphatic heterocycles. The van der Waals surface area contributed by atoms with Gasteiger partial charge in [0.2, 0.25) is 0 Å². The molecule has 1 rings (SSSR count). The molecule has 0 saturated heterocycles. The van der Waals surface area contributed by atoms with Gasteiger partial charge in [-0.3, -0.25) is 0 Å². The molecule has 0 atom stereocenters. The number of hydrogen-bond donors (Lipinski definition) is 0. The molecule has 0 N–H and O–H groups in total. The molecule has 0 amide bonds. The minimum atomic E-state index is -3.85. The minimum Gasteiger partial charge on any atom is -0.207 e. The summed E-state index contributed by atoms with van der Waals surface area (Å²) in [6.45, 7) is 0. The Kier molecular flexibility index (Phi) is 3.32. The van der Waals surface area contributed by atoms with Gasteiger partial charge in [0.05, 0.1) is 4.90 Å². The van der Waals surface area contributed by atoms with Gasteiger partial charge in [0.15, 0.2) is 0 Å². The zero-order chi connectivity index (χ0) is 10.1. The summed E-state index contributed by atoms with van der Waals surface area (Å²) in [5, 5.41) is 0.379. The van der Waals surface area contributed by atoms with Crippen molar-refractivity contribution in [3.63, 3.8) is 0 Å². The number of hydrogen-bond acceptors (Lipinski definition) is 2. The van der Waals surface area contributed by atoms with E-state index in [1.165, 1.54) is 12.1 Å². The molecule has 0 saturated carbocycles. The van der Waals surface area contributed by atoms with E-state index in [1.807, 2.05) is 0 Å². The third-order valence-electron chi connectivity index (χ3n) is 1.37. The molecule has 0 fully saturated rings. The van der Waals surface area contributed by atoms with Crippen LogP contribution in [0.2, 0.25) is 0 Å². The summed E-state index contributed by atoms with van der Waals surface area (Å²) < 4.78 is 34.5. The van der Waals surface area contributed by atoms with Crippen LogP contribution in [0.3, 0.4) is 0 Å². The first-order valence-corrected chi connectivity index (χ1v) is 6.66. The standard InChI is InChI=1S/C7H5BrClFO2S/c8-4-5-1-6(10)3-7(2-5)13(9,11)12/h1-3H,4H2. The fourth-order valence-electron chi connectivity index (χ4n) is 0.839. The van der Waals surface area contributed by atoms with Crippen LogP contribution in [-0.2, 0) is 14.4 Å². The van der Waals surface area contributed by atoms with Crippen LogP contribution in [0, 0.1) is 5.82 Å². The Morgan fingerprint density at radius 2 is 2.00 bits per heavy atom. The van der Waals surface area contributed by atoms with Crippen molar-refractivity contribution >= 4 is 35.7 Å². The summed E-state index contributed by atoms with van der Waals surface area (Å²) in [4.78, 5) is -0.219. The molecule has 13 heavy (non-hydrogen) atoms. The Morgan fingerprint density at radius 3 is 2.46 bits per heavy atom. The van der Waals surface area contributed by atoms with Gasteiger partial charge >= 0.3 is 0 Å². The highest BCUT2D eigenvalue weighted by Gasteiger charge is 2.11. The van der Waals surface area contributed by atoms with Crippen molar-refractivity contribution in [1.29, 1.82) is 0 Å². The van der Waals surface area contributed by atoms with E-state index >= 15 is 0 Å². The van der Waals surface area contributed by atoms with Crippen molar-refractivity contribution in [2.75, 3.05) is 0 Å². The molecule has 0 heterocycles. The zero-order valence-corrected chi connectivity index (χ0v) is 9.46. The molecule has 0 aliphatic carbocycles. The van der Waals surface area contributed by atoms with Crippen LogP contribution in [-0.4, -0.2) is 8.42 Å². The fourth-order valence-corrected chi connectivity index (χ4v) is 1.98. The summed E-state index contributed by atoms with van der Waals surface area (Å²) in [7, 11) is 1.20. The lowest BCUT2D eigenvalue weighted by Crippen LogP contribution is -1.93. The molecule has 0 spiro atoms. The fraction of sp³-hybridized carbons (Fsp3) is 0.143. The van der Waals surface area contributed by atoms with E-state index in [-0.39, 0.29) is 4.90 Å². The van der Waals surface area contributed by atoms with E-state index in [0.29, 0.717) is 10.9 Å². The van der Waals surface area contributed by atoms with Crippen molar-refractivity contribution in [3.05, 3.63) is 29.6 Å². The van der Waals surface area contributed by atoms with Crippen molar-refractivity contribution in [3.8, 4) is 0 Å². The maximum absolute atomic E-state index is 12.8. The molecule has 1 aromatic rings. The van der Waals surface area contributed by atoms with Crippen molar-refractivity contribution in [2.45, 2.75) is 10.2 Å². The monoisotopic (exact) mass is 286 g/mol. The number of rotatable bonds is 2. The van der Waals surface area contributed by atoms with E-state index in [0.717, 1.165) is 6.07 Å². The highest BCUT2D eigenvalue weighted by Crippen LogP contribution is 2.19. The van der Waals surface area contributed by atoms with Crippen LogP contribution in [0.25, 0.3) is 0 Å².